The standard InChI is InChI=1S/C13H17FO2/c1-9(2)6-11(15)7-10-4-5-12(14)13(8-10)16-3/h4-5,8-9H,6-7H2,1-3H3. The van der Waals surface area contributed by atoms with Crippen molar-refractivity contribution < 1.29 is 13.9 Å². The molecule has 1 aromatic rings. The summed E-state index contributed by atoms with van der Waals surface area (Å²) in [5, 5.41) is 0. The zero-order valence-corrected chi connectivity index (χ0v) is 9.92. The number of halogens is 1. The second kappa shape index (κ2) is 5.64. The summed E-state index contributed by atoms with van der Waals surface area (Å²) in [6, 6.07) is 4.53. The van der Waals surface area contributed by atoms with Gasteiger partial charge in [-0.05, 0) is 23.6 Å². The molecule has 2 nitrogen and oxygen atoms in total. The lowest BCUT2D eigenvalue weighted by Crippen LogP contribution is -2.06. The Balaban J connectivity index is 2.71. The number of methoxy groups -OCH3 is 1. The molecule has 0 aliphatic rings. The zero-order chi connectivity index (χ0) is 12.1. The number of benzene rings is 1. The van der Waals surface area contributed by atoms with Gasteiger partial charge in [-0.2, -0.15) is 0 Å². The van der Waals surface area contributed by atoms with Crippen molar-refractivity contribution in [2.45, 2.75) is 26.7 Å². The number of hydrogen-bond acceptors (Lipinski definition) is 2. The predicted molar refractivity (Wildman–Crippen MR) is 61.1 cm³/mol. The molecule has 0 aromatic heterocycles. The van der Waals surface area contributed by atoms with E-state index in [1.165, 1.54) is 13.2 Å². The van der Waals surface area contributed by atoms with E-state index in [2.05, 4.69) is 0 Å². The van der Waals surface area contributed by atoms with Gasteiger partial charge in [-0.1, -0.05) is 19.9 Å². The fraction of sp³-hybridized carbons (Fsp3) is 0.462. The Labute approximate surface area is 95.4 Å². The Hall–Kier alpha value is -1.38. The van der Waals surface area contributed by atoms with Crippen molar-refractivity contribution in [1.29, 1.82) is 0 Å². The molecule has 0 spiro atoms. The average Bonchev–Trinajstić information content (AvgIpc) is 2.19. The van der Waals surface area contributed by atoms with Crippen LogP contribution in [0.3, 0.4) is 0 Å². The third-order valence-electron chi connectivity index (χ3n) is 2.25. The normalized spacial score (nSPS) is 10.6. The van der Waals surface area contributed by atoms with Crippen LogP contribution in [-0.4, -0.2) is 12.9 Å². The molecule has 1 rings (SSSR count). The highest BCUT2D eigenvalue weighted by Crippen LogP contribution is 2.19. The van der Waals surface area contributed by atoms with Crippen LogP contribution in [0, 0.1) is 11.7 Å². The summed E-state index contributed by atoms with van der Waals surface area (Å²) in [4.78, 5) is 11.6. The quantitative estimate of drug-likeness (QED) is 0.768. The van der Waals surface area contributed by atoms with Crippen LogP contribution in [0.15, 0.2) is 18.2 Å². The van der Waals surface area contributed by atoms with E-state index in [4.69, 9.17) is 4.74 Å². The molecule has 0 amide bonds. The molecule has 1 aromatic carbocycles. The molecule has 88 valence electrons. The number of ketones is 1. The van der Waals surface area contributed by atoms with Crippen LogP contribution >= 0.6 is 0 Å². The van der Waals surface area contributed by atoms with Gasteiger partial charge in [0.15, 0.2) is 11.6 Å². The molecular weight excluding hydrogens is 207 g/mol. The molecule has 0 fully saturated rings. The Morgan fingerprint density at radius 3 is 2.69 bits per heavy atom. The molecular formula is C13H17FO2. The molecule has 0 saturated heterocycles. The number of carbonyl (C=O) groups excluding carboxylic acids is 1. The van der Waals surface area contributed by atoms with E-state index in [1.54, 1.807) is 12.1 Å². The second-order valence-corrected chi connectivity index (χ2v) is 4.28. The molecule has 0 atom stereocenters. The maximum Gasteiger partial charge on any atom is 0.165 e. The van der Waals surface area contributed by atoms with E-state index in [9.17, 15) is 9.18 Å². The maximum absolute atomic E-state index is 13.1. The molecule has 0 heterocycles. The molecule has 0 bridgehead atoms. The van der Waals surface area contributed by atoms with Crippen molar-refractivity contribution in [1.82, 2.24) is 0 Å². The van der Waals surface area contributed by atoms with Gasteiger partial charge in [-0.25, -0.2) is 4.39 Å². The lowest BCUT2D eigenvalue weighted by Gasteiger charge is -2.06. The number of ether oxygens (including phenoxy) is 1. The smallest absolute Gasteiger partial charge is 0.165 e. The SMILES string of the molecule is COc1cc(CC(=O)CC(C)C)ccc1F. The van der Waals surface area contributed by atoms with Crippen molar-refractivity contribution in [2.75, 3.05) is 7.11 Å². The third kappa shape index (κ3) is 3.65. The van der Waals surface area contributed by atoms with Crippen molar-refractivity contribution in [3.05, 3.63) is 29.6 Å². The molecule has 0 aliphatic heterocycles. The first-order valence-electron chi connectivity index (χ1n) is 5.37. The first kappa shape index (κ1) is 12.7. The molecule has 0 aliphatic carbocycles. The van der Waals surface area contributed by atoms with Crippen LogP contribution in [0.4, 0.5) is 4.39 Å². The fourth-order valence-corrected chi connectivity index (χ4v) is 1.57. The third-order valence-corrected chi connectivity index (χ3v) is 2.25. The summed E-state index contributed by atoms with van der Waals surface area (Å²) in [5.74, 6) is 0.316. The summed E-state index contributed by atoms with van der Waals surface area (Å²) in [5.41, 5.74) is 0.795. The van der Waals surface area contributed by atoms with Gasteiger partial charge < -0.3 is 4.74 Å². The van der Waals surface area contributed by atoms with E-state index >= 15 is 0 Å². The van der Waals surface area contributed by atoms with Crippen molar-refractivity contribution in [3.63, 3.8) is 0 Å². The van der Waals surface area contributed by atoms with Crippen LogP contribution < -0.4 is 4.74 Å². The Morgan fingerprint density at radius 1 is 1.44 bits per heavy atom. The summed E-state index contributed by atoms with van der Waals surface area (Å²) in [6.45, 7) is 4.01. The topological polar surface area (TPSA) is 26.3 Å². The monoisotopic (exact) mass is 224 g/mol. The van der Waals surface area contributed by atoms with E-state index in [0.717, 1.165) is 5.56 Å². The van der Waals surface area contributed by atoms with E-state index in [0.29, 0.717) is 18.8 Å². The minimum Gasteiger partial charge on any atom is -0.494 e. The molecule has 16 heavy (non-hydrogen) atoms. The van der Waals surface area contributed by atoms with Gasteiger partial charge in [0, 0.05) is 12.8 Å². The summed E-state index contributed by atoms with van der Waals surface area (Å²) in [7, 11) is 1.41. The van der Waals surface area contributed by atoms with Gasteiger partial charge in [-0.15, -0.1) is 0 Å². The van der Waals surface area contributed by atoms with E-state index in [-0.39, 0.29) is 11.5 Å². The van der Waals surface area contributed by atoms with Crippen LogP contribution in [0.5, 0.6) is 5.75 Å². The number of hydrogen-bond donors (Lipinski definition) is 0. The molecule has 0 N–H and O–H groups in total. The molecule has 3 heteroatoms. The van der Waals surface area contributed by atoms with Crippen LogP contribution in [-0.2, 0) is 11.2 Å². The summed E-state index contributed by atoms with van der Waals surface area (Å²) < 4.78 is 18.0. The predicted octanol–water partition coefficient (Wildman–Crippen LogP) is 2.99. The Morgan fingerprint density at radius 2 is 2.12 bits per heavy atom. The lowest BCUT2D eigenvalue weighted by atomic mass is 10.0. The van der Waals surface area contributed by atoms with E-state index < -0.39 is 5.82 Å². The number of rotatable bonds is 5. The Kier molecular flexibility index (Phi) is 4.47. The highest BCUT2D eigenvalue weighted by molar-refractivity contribution is 5.81. The highest BCUT2D eigenvalue weighted by Gasteiger charge is 2.09. The minimum absolute atomic E-state index is 0.170. The summed E-state index contributed by atoms with van der Waals surface area (Å²) in [6.07, 6.45) is 0.897. The number of Topliss-reactive ketones (excluding diaryl/α,β-unsaturated/α-hetero) is 1. The van der Waals surface area contributed by atoms with Gasteiger partial charge in [-0.3, -0.25) is 4.79 Å². The average molecular weight is 224 g/mol. The second-order valence-electron chi connectivity index (χ2n) is 4.28. The molecule has 0 radical (unpaired) electrons. The van der Waals surface area contributed by atoms with Gasteiger partial charge in [0.25, 0.3) is 0 Å². The van der Waals surface area contributed by atoms with Crippen molar-refractivity contribution >= 4 is 5.78 Å². The van der Waals surface area contributed by atoms with Crippen LogP contribution in [0.2, 0.25) is 0 Å². The summed E-state index contributed by atoms with van der Waals surface area (Å²) >= 11 is 0. The molecule has 0 saturated carbocycles. The maximum atomic E-state index is 13.1. The van der Waals surface area contributed by atoms with Crippen molar-refractivity contribution in [2.24, 2.45) is 5.92 Å². The van der Waals surface area contributed by atoms with Crippen LogP contribution in [0.25, 0.3) is 0 Å². The largest absolute Gasteiger partial charge is 0.494 e. The van der Waals surface area contributed by atoms with Crippen molar-refractivity contribution in [3.8, 4) is 5.75 Å². The highest BCUT2D eigenvalue weighted by atomic mass is 19.1. The van der Waals surface area contributed by atoms with E-state index in [1.807, 2.05) is 13.8 Å². The zero-order valence-electron chi connectivity index (χ0n) is 9.92. The van der Waals surface area contributed by atoms with Gasteiger partial charge in [0.1, 0.15) is 5.78 Å². The molecule has 0 unspecified atom stereocenters. The first-order valence-corrected chi connectivity index (χ1v) is 5.37. The van der Waals surface area contributed by atoms with Gasteiger partial charge in [0.05, 0.1) is 7.11 Å². The number of carbonyl (C=O) groups is 1. The first-order chi connectivity index (χ1) is 7.52. The van der Waals surface area contributed by atoms with Gasteiger partial charge in [0.2, 0.25) is 0 Å². The van der Waals surface area contributed by atoms with Crippen LogP contribution in [0.1, 0.15) is 25.8 Å². The fourth-order valence-electron chi connectivity index (χ4n) is 1.57. The van der Waals surface area contributed by atoms with Gasteiger partial charge >= 0.3 is 0 Å². The lowest BCUT2D eigenvalue weighted by molar-refractivity contribution is -0.119. The minimum atomic E-state index is -0.400. The Bertz CT molecular complexity index is 372.